The summed E-state index contributed by atoms with van der Waals surface area (Å²) in [5.41, 5.74) is 1.89. The molecular weight excluding hydrogens is 274 g/mol. The van der Waals surface area contributed by atoms with E-state index in [0.29, 0.717) is 28.5 Å². The van der Waals surface area contributed by atoms with E-state index in [1.807, 2.05) is 0 Å². The fraction of sp³-hybridized carbons (Fsp3) is 0.333. The molecule has 6 heteroatoms. The molecule has 0 bridgehead atoms. The molecule has 1 heterocycles. The molecule has 0 saturated heterocycles. The highest BCUT2D eigenvalue weighted by molar-refractivity contribution is 5.90. The van der Waals surface area contributed by atoms with Crippen molar-refractivity contribution >= 4 is 5.97 Å². The third kappa shape index (κ3) is 3.16. The van der Waals surface area contributed by atoms with Crippen LogP contribution in [0.4, 0.5) is 0 Å². The van der Waals surface area contributed by atoms with E-state index in [1.54, 1.807) is 32.0 Å². The summed E-state index contributed by atoms with van der Waals surface area (Å²) >= 11 is 0. The SMILES string of the molecule is COc1ccc(C(=O)OCc2c(C)noc2C)cc1OC. The van der Waals surface area contributed by atoms with Crippen molar-refractivity contribution in [1.29, 1.82) is 0 Å². The number of esters is 1. The lowest BCUT2D eigenvalue weighted by Crippen LogP contribution is -2.06. The molecule has 0 spiro atoms. The van der Waals surface area contributed by atoms with Crippen molar-refractivity contribution in [3.63, 3.8) is 0 Å². The summed E-state index contributed by atoms with van der Waals surface area (Å²) in [6.07, 6.45) is 0. The predicted molar refractivity (Wildman–Crippen MR) is 74.6 cm³/mol. The number of rotatable bonds is 5. The molecule has 0 aliphatic heterocycles. The molecular formula is C15H17NO5. The van der Waals surface area contributed by atoms with Crippen LogP contribution in [0.15, 0.2) is 22.7 Å². The van der Waals surface area contributed by atoms with Crippen molar-refractivity contribution in [1.82, 2.24) is 5.16 Å². The quantitative estimate of drug-likeness (QED) is 0.789. The normalized spacial score (nSPS) is 10.3. The van der Waals surface area contributed by atoms with Gasteiger partial charge in [0.2, 0.25) is 0 Å². The molecule has 1 aromatic heterocycles. The Hall–Kier alpha value is -2.50. The molecule has 0 amide bonds. The van der Waals surface area contributed by atoms with Crippen LogP contribution < -0.4 is 9.47 Å². The predicted octanol–water partition coefficient (Wildman–Crippen LogP) is 2.67. The zero-order valence-electron chi connectivity index (χ0n) is 12.4. The minimum Gasteiger partial charge on any atom is -0.493 e. The van der Waals surface area contributed by atoms with Gasteiger partial charge < -0.3 is 18.7 Å². The molecule has 0 atom stereocenters. The van der Waals surface area contributed by atoms with E-state index < -0.39 is 5.97 Å². The van der Waals surface area contributed by atoms with E-state index >= 15 is 0 Å². The first-order valence-corrected chi connectivity index (χ1v) is 6.37. The van der Waals surface area contributed by atoms with Crippen LogP contribution in [0.25, 0.3) is 0 Å². The monoisotopic (exact) mass is 291 g/mol. The number of hydrogen-bond donors (Lipinski definition) is 0. The number of aromatic nitrogens is 1. The van der Waals surface area contributed by atoms with Gasteiger partial charge in [0.05, 0.1) is 31.0 Å². The molecule has 21 heavy (non-hydrogen) atoms. The minimum atomic E-state index is -0.448. The van der Waals surface area contributed by atoms with Gasteiger partial charge in [-0.25, -0.2) is 4.79 Å². The number of benzene rings is 1. The number of ether oxygens (including phenoxy) is 3. The highest BCUT2D eigenvalue weighted by Gasteiger charge is 2.15. The molecule has 0 aliphatic carbocycles. The molecule has 0 aliphatic rings. The highest BCUT2D eigenvalue weighted by Crippen LogP contribution is 2.28. The van der Waals surface area contributed by atoms with Crippen LogP contribution in [-0.4, -0.2) is 25.3 Å². The Labute approximate surface area is 122 Å². The van der Waals surface area contributed by atoms with Crippen LogP contribution >= 0.6 is 0 Å². The zero-order valence-corrected chi connectivity index (χ0v) is 12.4. The molecule has 112 valence electrons. The van der Waals surface area contributed by atoms with Crippen LogP contribution in [0, 0.1) is 13.8 Å². The van der Waals surface area contributed by atoms with Crippen LogP contribution in [0.5, 0.6) is 11.5 Å². The van der Waals surface area contributed by atoms with Crippen LogP contribution in [-0.2, 0) is 11.3 Å². The lowest BCUT2D eigenvalue weighted by atomic mass is 10.2. The molecule has 2 rings (SSSR count). The molecule has 0 fully saturated rings. The number of nitrogens with zero attached hydrogens (tertiary/aromatic N) is 1. The van der Waals surface area contributed by atoms with Gasteiger partial charge in [-0.1, -0.05) is 5.16 Å². The van der Waals surface area contributed by atoms with Crippen molar-refractivity contribution in [3.8, 4) is 11.5 Å². The summed E-state index contributed by atoms with van der Waals surface area (Å²) < 4.78 is 20.6. The van der Waals surface area contributed by atoms with Gasteiger partial charge in [-0.3, -0.25) is 0 Å². The first-order chi connectivity index (χ1) is 10.1. The van der Waals surface area contributed by atoms with Gasteiger partial charge in [-0.2, -0.15) is 0 Å². The highest BCUT2D eigenvalue weighted by atomic mass is 16.5. The summed E-state index contributed by atoms with van der Waals surface area (Å²) in [7, 11) is 3.05. The van der Waals surface area contributed by atoms with Gasteiger partial charge in [-0.15, -0.1) is 0 Å². The summed E-state index contributed by atoms with van der Waals surface area (Å²) in [6, 6.07) is 4.86. The third-order valence-corrected chi connectivity index (χ3v) is 3.15. The topological polar surface area (TPSA) is 70.8 Å². The van der Waals surface area contributed by atoms with Crippen molar-refractivity contribution in [2.75, 3.05) is 14.2 Å². The number of aryl methyl sites for hydroxylation is 2. The maximum absolute atomic E-state index is 12.1. The van der Waals surface area contributed by atoms with Crippen LogP contribution in [0.3, 0.4) is 0 Å². The summed E-state index contributed by atoms with van der Waals surface area (Å²) in [6.45, 7) is 3.70. The van der Waals surface area contributed by atoms with Crippen molar-refractivity contribution in [3.05, 3.63) is 40.8 Å². The first kappa shape index (κ1) is 14.9. The number of carbonyl (C=O) groups excluding carboxylic acids is 1. The number of carbonyl (C=O) groups is 1. The Balaban J connectivity index is 2.10. The summed E-state index contributed by atoms with van der Waals surface area (Å²) in [5, 5.41) is 3.81. The average molecular weight is 291 g/mol. The Kier molecular flexibility index (Phi) is 4.47. The molecule has 0 N–H and O–H groups in total. The number of hydrogen-bond acceptors (Lipinski definition) is 6. The molecule has 0 saturated carbocycles. The van der Waals surface area contributed by atoms with E-state index in [0.717, 1.165) is 5.56 Å². The summed E-state index contributed by atoms with van der Waals surface area (Å²) in [4.78, 5) is 12.1. The molecule has 0 unspecified atom stereocenters. The maximum Gasteiger partial charge on any atom is 0.338 e. The zero-order chi connectivity index (χ0) is 15.4. The standard InChI is InChI=1S/C15H17NO5/c1-9-12(10(2)21-16-9)8-20-15(17)11-5-6-13(18-3)14(7-11)19-4/h5-7H,8H2,1-4H3. The fourth-order valence-corrected chi connectivity index (χ4v) is 1.89. The van der Waals surface area contributed by atoms with Crippen LogP contribution in [0.2, 0.25) is 0 Å². The first-order valence-electron chi connectivity index (χ1n) is 6.37. The Morgan fingerprint density at radius 2 is 1.90 bits per heavy atom. The van der Waals surface area contributed by atoms with Gasteiger partial charge >= 0.3 is 5.97 Å². The average Bonchev–Trinajstić information content (AvgIpc) is 2.82. The second kappa shape index (κ2) is 6.30. The van der Waals surface area contributed by atoms with Crippen molar-refractivity contribution < 1.29 is 23.5 Å². The number of methoxy groups -OCH3 is 2. The van der Waals surface area contributed by atoms with E-state index in [1.165, 1.54) is 14.2 Å². The van der Waals surface area contributed by atoms with E-state index in [4.69, 9.17) is 18.7 Å². The van der Waals surface area contributed by atoms with Gasteiger partial charge in [-0.05, 0) is 32.0 Å². The van der Waals surface area contributed by atoms with Gasteiger partial charge in [0, 0.05) is 0 Å². The fourth-order valence-electron chi connectivity index (χ4n) is 1.89. The van der Waals surface area contributed by atoms with Crippen molar-refractivity contribution in [2.24, 2.45) is 0 Å². The smallest absolute Gasteiger partial charge is 0.338 e. The Morgan fingerprint density at radius 1 is 1.19 bits per heavy atom. The lowest BCUT2D eigenvalue weighted by Gasteiger charge is -2.09. The molecule has 2 aromatic rings. The third-order valence-electron chi connectivity index (χ3n) is 3.15. The van der Waals surface area contributed by atoms with E-state index in [9.17, 15) is 4.79 Å². The van der Waals surface area contributed by atoms with Crippen LogP contribution in [0.1, 0.15) is 27.4 Å². The van der Waals surface area contributed by atoms with E-state index in [-0.39, 0.29) is 6.61 Å². The molecule has 0 radical (unpaired) electrons. The second-order valence-corrected chi connectivity index (χ2v) is 4.45. The van der Waals surface area contributed by atoms with E-state index in [2.05, 4.69) is 5.16 Å². The molecule has 6 nitrogen and oxygen atoms in total. The Bertz CT molecular complexity index is 628. The largest absolute Gasteiger partial charge is 0.493 e. The van der Waals surface area contributed by atoms with Crippen molar-refractivity contribution in [2.45, 2.75) is 20.5 Å². The van der Waals surface area contributed by atoms with Gasteiger partial charge in [0.15, 0.2) is 11.5 Å². The summed E-state index contributed by atoms with van der Waals surface area (Å²) in [5.74, 6) is 1.23. The molecule has 1 aromatic carbocycles. The second-order valence-electron chi connectivity index (χ2n) is 4.45. The minimum absolute atomic E-state index is 0.119. The lowest BCUT2D eigenvalue weighted by molar-refractivity contribution is 0.0470. The Morgan fingerprint density at radius 3 is 2.48 bits per heavy atom. The van der Waals surface area contributed by atoms with Gasteiger partial charge in [0.1, 0.15) is 12.4 Å². The van der Waals surface area contributed by atoms with Gasteiger partial charge in [0.25, 0.3) is 0 Å². The maximum atomic E-state index is 12.1.